The van der Waals surface area contributed by atoms with Crippen molar-refractivity contribution < 1.29 is 18.6 Å². The van der Waals surface area contributed by atoms with Crippen LogP contribution < -0.4 is 5.09 Å². The Morgan fingerprint density at radius 2 is 2.00 bits per heavy atom. The summed E-state index contributed by atoms with van der Waals surface area (Å²) in [7, 11) is 0. The molecule has 0 heterocycles. The lowest BCUT2D eigenvalue weighted by molar-refractivity contribution is 0.120. The fourth-order valence-electron chi connectivity index (χ4n) is 1.11. The molecule has 0 aliphatic carbocycles. The number of hydrogen-bond acceptors (Lipinski definition) is 4. The fourth-order valence-corrected chi connectivity index (χ4v) is 2.12. The van der Waals surface area contributed by atoms with E-state index in [4.69, 9.17) is 20.5 Å². The summed E-state index contributed by atoms with van der Waals surface area (Å²) in [6, 6.07) is 9.07. The maximum Gasteiger partial charge on any atom is 0.415 e. The third-order valence-electron chi connectivity index (χ3n) is 1.81. The van der Waals surface area contributed by atoms with E-state index in [1.54, 1.807) is 26.0 Å². The number of halogens is 1. The summed E-state index contributed by atoms with van der Waals surface area (Å²) < 4.78 is 21.4. The highest BCUT2D eigenvalue weighted by atomic mass is 35.7. The molecule has 5 nitrogen and oxygen atoms in total. The Labute approximate surface area is 111 Å². The predicted molar refractivity (Wildman–Crippen MR) is 69.4 cm³/mol. The van der Waals surface area contributed by atoms with Crippen LogP contribution in [0.5, 0.6) is 0 Å². The maximum absolute atomic E-state index is 11.7. The largest absolute Gasteiger partial charge is 0.447 e. The average Bonchev–Trinajstić information content (AvgIpc) is 2.26. The van der Waals surface area contributed by atoms with Gasteiger partial charge in [0.25, 0.3) is 0 Å². The Balaban J connectivity index is 2.45. The second-order valence-electron chi connectivity index (χ2n) is 3.80. The summed E-state index contributed by atoms with van der Waals surface area (Å²) in [5.74, 6) is 0. The Morgan fingerprint density at radius 1 is 1.39 bits per heavy atom. The van der Waals surface area contributed by atoms with E-state index in [0.717, 1.165) is 5.56 Å². The molecule has 0 aromatic heterocycles. The van der Waals surface area contributed by atoms with Crippen LogP contribution in [0.2, 0.25) is 0 Å². The third kappa shape index (κ3) is 6.05. The van der Waals surface area contributed by atoms with Crippen LogP contribution in [0.25, 0.3) is 0 Å². The molecule has 1 N–H and O–H groups in total. The SMILES string of the molecule is CC(C)OC(=O)NP(=O)(Cl)OCc1ccccc1. The molecule has 7 heteroatoms. The molecule has 0 spiro atoms. The molecule has 0 saturated carbocycles. The van der Waals surface area contributed by atoms with Crippen LogP contribution in [0.4, 0.5) is 4.79 Å². The maximum atomic E-state index is 11.7. The van der Waals surface area contributed by atoms with Crippen LogP contribution in [0.1, 0.15) is 19.4 Å². The van der Waals surface area contributed by atoms with Gasteiger partial charge in [0.05, 0.1) is 12.7 Å². The minimum atomic E-state index is -3.72. The van der Waals surface area contributed by atoms with Gasteiger partial charge in [-0.05, 0) is 30.7 Å². The molecule has 0 bridgehead atoms. The Morgan fingerprint density at radius 3 is 2.56 bits per heavy atom. The van der Waals surface area contributed by atoms with Crippen molar-refractivity contribution in [3.05, 3.63) is 35.9 Å². The van der Waals surface area contributed by atoms with E-state index in [-0.39, 0.29) is 12.7 Å². The second kappa shape index (κ2) is 6.78. The number of hydrogen-bond donors (Lipinski definition) is 1. The number of benzene rings is 1. The van der Waals surface area contributed by atoms with E-state index < -0.39 is 13.0 Å². The molecule has 100 valence electrons. The zero-order valence-electron chi connectivity index (χ0n) is 10.1. The van der Waals surface area contributed by atoms with E-state index in [1.165, 1.54) is 0 Å². The van der Waals surface area contributed by atoms with E-state index in [2.05, 4.69) is 0 Å². The molecule has 18 heavy (non-hydrogen) atoms. The predicted octanol–water partition coefficient (Wildman–Crippen LogP) is 3.68. The zero-order valence-corrected chi connectivity index (χ0v) is 11.8. The molecular formula is C11H15ClNO4P. The van der Waals surface area contributed by atoms with Crippen molar-refractivity contribution in [2.75, 3.05) is 0 Å². The first-order valence-corrected chi connectivity index (χ1v) is 7.89. The smallest absolute Gasteiger partial charge is 0.415 e. The first kappa shape index (κ1) is 15.0. The molecule has 0 saturated heterocycles. The van der Waals surface area contributed by atoms with Gasteiger partial charge in [-0.1, -0.05) is 30.3 Å². The number of amides is 1. The topological polar surface area (TPSA) is 64.6 Å². The highest BCUT2D eigenvalue weighted by Gasteiger charge is 2.24. The minimum absolute atomic E-state index is 0.0452. The van der Waals surface area contributed by atoms with Crippen molar-refractivity contribution in [3.63, 3.8) is 0 Å². The quantitative estimate of drug-likeness (QED) is 0.840. The van der Waals surface area contributed by atoms with Gasteiger partial charge in [-0.15, -0.1) is 0 Å². The van der Waals surface area contributed by atoms with Gasteiger partial charge in [0.15, 0.2) is 0 Å². The van der Waals surface area contributed by atoms with Crippen LogP contribution in [-0.4, -0.2) is 12.2 Å². The molecular weight excluding hydrogens is 277 g/mol. The lowest BCUT2D eigenvalue weighted by atomic mass is 10.2. The van der Waals surface area contributed by atoms with Gasteiger partial charge in [-0.2, -0.15) is 0 Å². The molecule has 1 aromatic rings. The van der Waals surface area contributed by atoms with Crippen molar-refractivity contribution in [2.45, 2.75) is 26.6 Å². The van der Waals surface area contributed by atoms with E-state index in [0.29, 0.717) is 0 Å². The van der Waals surface area contributed by atoms with Gasteiger partial charge in [0.1, 0.15) is 0 Å². The van der Waals surface area contributed by atoms with Gasteiger partial charge in [0, 0.05) is 0 Å². The summed E-state index contributed by atoms with van der Waals surface area (Å²) in [6.45, 7) is -0.337. The van der Waals surface area contributed by atoms with Crippen molar-refractivity contribution in [2.24, 2.45) is 0 Å². The Bertz CT molecular complexity index is 438. The van der Waals surface area contributed by atoms with Crippen molar-refractivity contribution >= 4 is 24.2 Å². The normalized spacial score (nSPS) is 14.0. The number of rotatable bonds is 5. The van der Waals surface area contributed by atoms with E-state index in [9.17, 15) is 9.36 Å². The average molecular weight is 292 g/mol. The van der Waals surface area contributed by atoms with Crippen LogP contribution in [0.15, 0.2) is 30.3 Å². The number of ether oxygens (including phenoxy) is 1. The van der Waals surface area contributed by atoms with Crippen LogP contribution in [0, 0.1) is 0 Å². The summed E-state index contributed by atoms with van der Waals surface area (Å²) >= 11 is 5.59. The molecule has 1 rings (SSSR count). The van der Waals surface area contributed by atoms with E-state index >= 15 is 0 Å². The van der Waals surface area contributed by atoms with Crippen molar-refractivity contribution in [3.8, 4) is 0 Å². The molecule has 1 atom stereocenters. The monoisotopic (exact) mass is 291 g/mol. The lowest BCUT2D eigenvalue weighted by Gasteiger charge is -2.14. The highest BCUT2D eigenvalue weighted by molar-refractivity contribution is 7.84. The summed E-state index contributed by atoms with van der Waals surface area (Å²) in [6.07, 6.45) is -1.19. The summed E-state index contributed by atoms with van der Waals surface area (Å²) in [5.41, 5.74) is 0.803. The van der Waals surface area contributed by atoms with Gasteiger partial charge in [-0.3, -0.25) is 4.52 Å². The lowest BCUT2D eigenvalue weighted by Crippen LogP contribution is -2.23. The van der Waals surface area contributed by atoms with Crippen LogP contribution in [-0.2, 0) is 20.4 Å². The van der Waals surface area contributed by atoms with Crippen molar-refractivity contribution in [1.82, 2.24) is 5.09 Å². The highest BCUT2D eigenvalue weighted by Crippen LogP contribution is 2.48. The Kier molecular flexibility index (Phi) is 5.66. The van der Waals surface area contributed by atoms with Gasteiger partial charge < -0.3 is 4.74 Å². The third-order valence-corrected chi connectivity index (χ3v) is 3.26. The van der Waals surface area contributed by atoms with E-state index in [1.807, 2.05) is 23.3 Å². The second-order valence-corrected chi connectivity index (χ2v) is 6.58. The minimum Gasteiger partial charge on any atom is -0.447 e. The number of carbonyl (C=O) groups is 1. The van der Waals surface area contributed by atoms with Crippen molar-refractivity contribution in [1.29, 1.82) is 0 Å². The molecule has 0 aliphatic rings. The zero-order chi connectivity index (χ0) is 13.6. The van der Waals surface area contributed by atoms with Gasteiger partial charge >= 0.3 is 13.0 Å². The summed E-state index contributed by atoms with van der Waals surface area (Å²) in [4.78, 5) is 11.2. The standard InChI is InChI=1S/C11H15ClNO4P/c1-9(2)17-11(14)13-18(12,15)16-8-10-6-4-3-5-7-10/h3-7,9H,8H2,1-2H3,(H,13,14,15). The molecule has 1 amide bonds. The molecule has 1 aromatic carbocycles. The molecule has 0 aliphatic heterocycles. The summed E-state index contributed by atoms with van der Waals surface area (Å²) in [5, 5.41) is 2.00. The fraction of sp³-hybridized carbons (Fsp3) is 0.364. The molecule has 0 fully saturated rings. The molecule has 1 unspecified atom stereocenters. The first-order chi connectivity index (χ1) is 8.39. The first-order valence-electron chi connectivity index (χ1n) is 5.36. The van der Waals surface area contributed by atoms with Gasteiger partial charge in [-0.25, -0.2) is 14.4 Å². The number of carbonyl (C=O) groups excluding carboxylic acids is 1. The van der Waals surface area contributed by atoms with Crippen LogP contribution in [0.3, 0.4) is 0 Å². The number of nitrogens with one attached hydrogen (secondary N) is 1. The van der Waals surface area contributed by atoms with Gasteiger partial charge in [0.2, 0.25) is 0 Å². The molecule has 0 radical (unpaired) electrons. The van der Waals surface area contributed by atoms with Crippen LogP contribution >= 0.6 is 18.1 Å². The Hall–Kier alpha value is -1.03.